The van der Waals surface area contributed by atoms with Gasteiger partial charge in [0.15, 0.2) is 5.65 Å². The van der Waals surface area contributed by atoms with Crippen molar-refractivity contribution < 1.29 is 0 Å². The number of hydrogen-bond donors (Lipinski definition) is 1. The minimum Gasteiger partial charge on any atom is -0.366 e. The van der Waals surface area contributed by atoms with Crippen molar-refractivity contribution in [2.75, 3.05) is 23.3 Å². The molecular formula is C18H23BrN6. The molecular weight excluding hydrogens is 380 g/mol. The van der Waals surface area contributed by atoms with E-state index in [1.165, 1.54) is 6.42 Å². The molecule has 0 aliphatic heterocycles. The molecule has 0 fully saturated rings. The first-order valence-electron chi connectivity index (χ1n) is 8.65. The van der Waals surface area contributed by atoms with Crippen molar-refractivity contribution in [1.29, 1.82) is 0 Å². The van der Waals surface area contributed by atoms with Crippen LogP contribution in [0.4, 0.5) is 11.6 Å². The molecule has 3 heterocycles. The largest absolute Gasteiger partial charge is 0.366 e. The Morgan fingerprint density at radius 3 is 2.88 bits per heavy atom. The van der Waals surface area contributed by atoms with Gasteiger partial charge in [0.25, 0.3) is 0 Å². The molecule has 0 amide bonds. The zero-order valence-corrected chi connectivity index (χ0v) is 16.2. The first-order valence-corrected chi connectivity index (χ1v) is 9.44. The third-order valence-electron chi connectivity index (χ3n) is 4.10. The summed E-state index contributed by atoms with van der Waals surface area (Å²) in [5.74, 6) is 1.89. The Balaban J connectivity index is 1.92. The van der Waals surface area contributed by atoms with Gasteiger partial charge in [0, 0.05) is 38.1 Å². The number of fused-ring (bicyclic) bond motifs is 1. The third kappa shape index (κ3) is 4.10. The van der Waals surface area contributed by atoms with Crippen LogP contribution in [-0.4, -0.2) is 32.7 Å². The van der Waals surface area contributed by atoms with E-state index in [-0.39, 0.29) is 0 Å². The third-order valence-corrected chi connectivity index (χ3v) is 4.66. The summed E-state index contributed by atoms with van der Waals surface area (Å²) in [4.78, 5) is 11.3. The Bertz CT molecular complexity index is 817. The van der Waals surface area contributed by atoms with Crippen molar-refractivity contribution in [3.05, 3.63) is 46.8 Å². The summed E-state index contributed by atoms with van der Waals surface area (Å²) in [6, 6.07) is 6.07. The van der Waals surface area contributed by atoms with Gasteiger partial charge in [0.2, 0.25) is 0 Å². The summed E-state index contributed by atoms with van der Waals surface area (Å²) in [6.07, 6.45) is 7.75. The van der Waals surface area contributed by atoms with E-state index in [1.54, 1.807) is 12.4 Å². The van der Waals surface area contributed by atoms with Crippen LogP contribution >= 0.6 is 15.9 Å². The summed E-state index contributed by atoms with van der Waals surface area (Å²) in [5, 5.41) is 7.90. The molecule has 25 heavy (non-hydrogen) atoms. The van der Waals surface area contributed by atoms with E-state index in [0.717, 1.165) is 46.8 Å². The highest BCUT2D eigenvalue weighted by molar-refractivity contribution is 9.10. The lowest BCUT2D eigenvalue weighted by atomic mass is 10.3. The van der Waals surface area contributed by atoms with E-state index in [4.69, 9.17) is 4.98 Å². The molecule has 7 heteroatoms. The second kappa shape index (κ2) is 8.29. The van der Waals surface area contributed by atoms with Gasteiger partial charge in [-0.15, -0.1) is 0 Å². The van der Waals surface area contributed by atoms with Crippen LogP contribution in [0, 0.1) is 0 Å². The maximum atomic E-state index is 4.80. The Morgan fingerprint density at radius 1 is 1.28 bits per heavy atom. The SMILES string of the molecule is CCCCN(CC)c1cc(NCc2cccnc2)n2ncc(Br)c2n1. The predicted molar refractivity (Wildman–Crippen MR) is 105 cm³/mol. The van der Waals surface area contributed by atoms with Crippen molar-refractivity contribution >= 4 is 33.2 Å². The summed E-state index contributed by atoms with van der Waals surface area (Å²) in [6.45, 7) is 6.99. The Hall–Kier alpha value is -2.15. The van der Waals surface area contributed by atoms with E-state index in [0.29, 0.717) is 6.54 Å². The van der Waals surface area contributed by atoms with Crippen LogP contribution < -0.4 is 10.2 Å². The number of pyridine rings is 1. The van der Waals surface area contributed by atoms with Gasteiger partial charge < -0.3 is 10.2 Å². The Kier molecular flexibility index (Phi) is 5.86. The number of hydrogen-bond acceptors (Lipinski definition) is 5. The average molecular weight is 403 g/mol. The van der Waals surface area contributed by atoms with Gasteiger partial charge in [0.05, 0.1) is 10.7 Å². The molecule has 3 rings (SSSR count). The lowest BCUT2D eigenvalue weighted by Crippen LogP contribution is -2.25. The minimum atomic E-state index is 0.685. The zero-order chi connectivity index (χ0) is 17.6. The second-order valence-electron chi connectivity index (χ2n) is 5.88. The maximum absolute atomic E-state index is 4.80. The van der Waals surface area contributed by atoms with Gasteiger partial charge >= 0.3 is 0 Å². The molecule has 0 saturated heterocycles. The Morgan fingerprint density at radius 2 is 2.16 bits per heavy atom. The van der Waals surface area contributed by atoms with Gasteiger partial charge in [-0.25, -0.2) is 4.98 Å². The van der Waals surface area contributed by atoms with Gasteiger partial charge in [0.1, 0.15) is 11.6 Å². The molecule has 0 saturated carbocycles. The molecule has 132 valence electrons. The van der Waals surface area contributed by atoms with Gasteiger partial charge in [-0.1, -0.05) is 19.4 Å². The van der Waals surface area contributed by atoms with E-state index >= 15 is 0 Å². The minimum absolute atomic E-state index is 0.685. The highest BCUT2D eigenvalue weighted by Crippen LogP contribution is 2.25. The summed E-state index contributed by atoms with van der Waals surface area (Å²) in [7, 11) is 0. The highest BCUT2D eigenvalue weighted by atomic mass is 79.9. The number of nitrogens with one attached hydrogen (secondary N) is 1. The van der Waals surface area contributed by atoms with Crippen molar-refractivity contribution in [3.63, 3.8) is 0 Å². The fourth-order valence-corrected chi connectivity index (χ4v) is 3.04. The molecule has 0 spiro atoms. The molecule has 0 unspecified atom stereocenters. The van der Waals surface area contributed by atoms with Gasteiger partial charge in [-0.3, -0.25) is 4.98 Å². The molecule has 0 atom stereocenters. The average Bonchev–Trinajstić information content (AvgIpc) is 3.02. The number of aromatic nitrogens is 4. The molecule has 3 aromatic heterocycles. The van der Waals surface area contributed by atoms with Crippen LogP contribution in [0.5, 0.6) is 0 Å². The summed E-state index contributed by atoms with van der Waals surface area (Å²) >= 11 is 3.55. The molecule has 0 aliphatic carbocycles. The van der Waals surface area contributed by atoms with E-state index in [1.807, 2.05) is 16.8 Å². The van der Waals surface area contributed by atoms with Gasteiger partial charge in [-0.2, -0.15) is 9.61 Å². The van der Waals surface area contributed by atoms with Gasteiger partial charge in [-0.05, 0) is 40.9 Å². The number of halogens is 1. The Labute approximate surface area is 156 Å². The van der Waals surface area contributed by atoms with Crippen molar-refractivity contribution in [1.82, 2.24) is 19.6 Å². The van der Waals surface area contributed by atoms with Crippen LogP contribution in [0.2, 0.25) is 0 Å². The van der Waals surface area contributed by atoms with E-state index < -0.39 is 0 Å². The number of nitrogens with zero attached hydrogens (tertiary/aromatic N) is 5. The van der Waals surface area contributed by atoms with Crippen LogP contribution in [0.1, 0.15) is 32.3 Å². The van der Waals surface area contributed by atoms with Crippen LogP contribution in [-0.2, 0) is 6.54 Å². The maximum Gasteiger partial charge on any atom is 0.173 e. The smallest absolute Gasteiger partial charge is 0.173 e. The molecule has 0 radical (unpaired) electrons. The lowest BCUT2D eigenvalue weighted by Gasteiger charge is -2.23. The normalized spacial score (nSPS) is 11.0. The highest BCUT2D eigenvalue weighted by Gasteiger charge is 2.13. The topological polar surface area (TPSA) is 58.4 Å². The molecule has 1 N–H and O–H groups in total. The molecule has 0 bridgehead atoms. The number of unbranched alkanes of at least 4 members (excludes halogenated alkanes) is 1. The van der Waals surface area contributed by atoms with Crippen LogP contribution in [0.25, 0.3) is 5.65 Å². The lowest BCUT2D eigenvalue weighted by molar-refractivity contribution is 0.723. The first kappa shape index (κ1) is 17.7. The molecule has 0 aromatic carbocycles. The van der Waals surface area contributed by atoms with E-state index in [9.17, 15) is 0 Å². The molecule has 6 nitrogen and oxygen atoms in total. The van der Waals surface area contributed by atoms with E-state index in [2.05, 4.69) is 62.2 Å². The fourth-order valence-electron chi connectivity index (χ4n) is 2.69. The molecule has 0 aliphatic rings. The van der Waals surface area contributed by atoms with Crippen LogP contribution in [0.3, 0.4) is 0 Å². The fraction of sp³-hybridized carbons (Fsp3) is 0.389. The number of rotatable bonds is 8. The second-order valence-corrected chi connectivity index (χ2v) is 6.73. The first-order chi connectivity index (χ1) is 12.2. The predicted octanol–water partition coefficient (Wildman–Crippen LogP) is 4.13. The van der Waals surface area contributed by atoms with Crippen molar-refractivity contribution in [3.8, 4) is 0 Å². The quantitative estimate of drug-likeness (QED) is 0.613. The standard InChI is InChI=1S/C18H23BrN6/c1-3-5-9-24(4-2)17-10-16(21-12-14-7-6-8-20-11-14)25-18(23-17)15(19)13-22-25/h6-8,10-11,13,21H,3-5,9,12H2,1-2H3. The molecule has 3 aromatic rings. The summed E-state index contributed by atoms with van der Waals surface area (Å²) < 4.78 is 2.72. The summed E-state index contributed by atoms with van der Waals surface area (Å²) in [5.41, 5.74) is 1.94. The van der Waals surface area contributed by atoms with Crippen molar-refractivity contribution in [2.45, 2.75) is 33.2 Å². The van der Waals surface area contributed by atoms with Crippen LogP contribution in [0.15, 0.2) is 41.3 Å². The monoisotopic (exact) mass is 402 g/mol. The number of anilines is 2. The zero-order valence-electron chi connectivity index (χ0n) is 14.6. The van der Waals surface area contributed by atoms with Crippen molar-refractivity contribution in [2.24, 2.45) is 0 Å².